The molecule has 2 aromatic heterocycles. The number of aryl methyl sites for hydroxylation is 1. The minimum Gasteiger partial charge on any atom is -0.346 e. The topological polar surface area (TPSA) is 69.9 Å². The Kier molecular flexibility index (Phi) is 3.28. The van der Waals surface area contributed by atoms with Crippen LogP contribution in [-0.4, -0.2) is 14.7 Å². The highest BCUT2D eigenvalue weighted by molar-refractivity contribution is 5.16. The molecule has 17 heavy (non-hydrogen) atoms. The van der Waals surface area contributed by atoms with Gasteiger partial charge in [-0.15, -0.1) is 0 Å². The Bertz CT molecular complexity index is 486. The van der Waals surface area contributed by atoms with E-state index in [4.69, 9.17) is 10.3 Å². The highest BCUT2D eigenvalue weighted by Gasteiger charge is 2.12. The molecule has 0 spiro atoms. The summed E-state index contributed by atoms with van der Waals surface area (Å²) in [6.45, 7) is 6.63. The minimum atomic E-state index is 0.0725. The van der Waals surface area contributed by atoms with Crippen LogP contribution in [-0.2, 0) is 6.54 Å². The first kappa shape index (κ1) is 11.9. The summed E-state index contributed by atoms with van der Waals surface area (Å²) in [5, 5.41) is 3.86. The highest BCUT2D eigenvalue weighted by atomic mass is 16.5. The van der Waals surface area contributed by atoms with Gasteiger partial charge in [-0.05, 0) is 17.5 Å². The summed E-state index contributed by atoms with van der Waals surface area (Å²) in [5.74, 6) is 1.70. The number of hydrogen-bond donors (Lipinski definition) is 1. The lowest BCUT2D eigenvalue weighted by molar-refractivity contribution is 0.386. The second-order valence-electron chi connectivity index (χ2n) is 4.62. The average Bonchev–Trinajstić information content (AvgIpc) is 2.87. The molecule has 0 bridgehead atoms. The molecule has 0 fully saturated rings. The predicted molar refractivity (Wildman–Crippen MR) is 64.3 cm³/mol. The Morgan fingerprint density at radius 2 is 2.24 bits per heavy atom. The van der Waals surface area contributed by atoms with Gasteiger partial charge >= 0.3 is 0 Å². The zero-order valence-electron chi connectivity index (χ0n) is 10.4. The normalized spacial score (nSPS) is 13.2. The first-order valence-corrected chi connectivity index (χ1v) is 5.76. The summed E-state index contributed by atoms with van der Waals surface area (Å²) in [5.41, 5.74) is 7.22. The van der Waals surface area contributed by atoms with E-state index in [9.17, 15) is 0 Å². The van der Waals surface area contributed by atoms with E-state index in [1.54, 1.807) is 6.92 Å². The molecule has 0 aliphatic carbocycles. The summed E-state index contributed by atoms with van der Waals surface area (Å²) in [7, 11) is 0. The lowest BCUT2D eigenvalue weighted by atomic mass is 10.00. The maximum Gasteiger partial charge on any atom is 0.223 e. The lowest BCUT2D eigenvalue weighted by Gasteiger charge is -2.13. The van der Waals surface area contributed by atoms with E-state index in [-0.39, 0.29) is 6.04 Å². The van der Waals surface area contributed by atoms with E-state index in [1.165, 1.54) is 0 Å². The van der Waals surface area contributed by atoms with Crippen LogP contribution in [0.2, 0.25) is 0 Å². The Labute approximate surface area is 101 Å². The highest BCUT2D eigenvalue weighted by Crippen LogP contribution is 2.19. The molecule has 0 saturated carbocycles. The second kappa shape index (κ2) is 4.71. The maximum atomic E-state index is 6.09. The molecular formula is C12H18N4O. The summed E-state index contributed by atoms with van der Waals surface area (Å²) in [6.07, 6.45) is 4.03. The molecule has 2 N–H and O–H groups in total. The Hall–Kier alpha value is -1.62. The van der Waals surface area contributed by atoms with Crippen molar-refractivity contribution in [1.82, 2.24) is 14.7 Å². The third kappa shape index (κ3) is 2.74. The van der Waals surface area contributed by atoms with Crippen LogP contribution in [0.4, 0.5) is 0 Å². The van der Waals surface area contributed by atoms with Crippen molar-refractivity contribution in [1.29, 1.82) is 0 Å². The molecule has 0 aromatic carbocycles. The van der Waals surface area contributed by atoms with Crippen molar-refractivity contribution in [3.05, 3.63) is 35.7 Å². The van der Waals surface area contributed by atoms with Crippen LogP contribution >= 0.6 is 0 Å². The van der Waals surface area contributed by atoms with Gasteiger partial charge in [0.25, 0.3) is 0 Å². The van der Waals surface area contributed by atoms with Crippen LogP contribution < -0.4 is 5.73 Å². The molecule has 2 aromatic rings. The Balaban J connectivity index is 2.08. The summed E-state index contributed by atoms with van der Waals surface area (Å²) >= 11 is 0. The first-order chi connectivity index (χ1) is 8.06. The van der Waals surface area contributed by atoms with Gasteiger partial charge in [-0.1, -0.05) is 19.0 Å². The Morgan fingerprint density at radius 3 is 2.82 bits per heavy atom. The van der Waals surface area contributed by atoms with Gasteiger partial charge in [0.15, 0.2) is 5.82 Å². The molecular weight excluding hydrogens is 216 g/mol. The standard InChI is InChI=1S/C12H18N4O/c1-8(2)12(13)10-4-5-16(6-10)7-11-14-9(3)17-15-11/h4-6,8,12H,7,13H2,1-3H3. The van der Waals surface area contributed by atoms with Gasteiger partial charge in [-0.2, -0.15) is 4.98 Å². The van der Waals surface area contributed by atoms with Crippen LogP contribution in [0.25, 0.3) is 0 Å². The maximum absolute atomic E-state index is 6.09. The molecule has 1 unspecified atom stereocenters. The molecule has 2 rings (SSSR count). The summed E-state index contributed by atoms with van der Waals surface area (Å²) in [4.78, 5) is 4.17. The summed E-state index contributed by atoms with van der Waals surface area (Å²) < 4.78 is 6.95. The van der Waals surface area contributed by atoms with Gasteiger partial charge in [0.05, 0.1) is 6.54 Å². The van der Waals surface area contributed by atoms with Gasteiger partial charge in [0.2, 0.25) is 5.89 Å². The molecule has 0 amide bonds. The zero-order chi connectivity index (χ0) is 12.4. The van der Waals surface area contributed by atoms with Crippen molar-refractivity contribution >= 4 is 0 Å². The van der Waals surface area contributed by atoms with Gasteiger partial charge < -0.3 is 14.8 Å². The quantitative estimate of drug-likeness (QED) is 0.877. The monoisotopic (exact) mass is 234 g/mol. The van der Waals surface area contributed by atoms with Gasteiger partial charge in [0.1, 0.15) is 0 Å². The van der Waals surface area contributed by atoms with Crippen LogP contribution in [0.5, 0.6) is 0 Å². The molecule has 0 aliphatic heterocycles. The first-order valence-electron chi connectivity index (χ1n) is 5.76. The van der Waals surface area contributed by atoms with Crippen LogP contribution in [0.15, 0.2) is 23.0 Å². The van der Waals surface area contributed by atoms with E-state index in [2.05, 4.69) is 24.0 Å². The largest absolute Gasteiger partial charge is 0.346 e. The van der Waals surface area contributed by atoms with Crippen LogP contribution in [0, 0.1) is 12.8 Å². The number of rotatable bonds is 4. The fourth-order valence-electron chi connectivity index (χ4n) is 1.71. The van der Waals surface area contributed by atoms with E-state index >= 15 is 0 Å². The van der Waals surface area contributed by atoms with Crippen LogP contribution in [0.3, 0.4) is 0 Å². The average molecular weight is 234 g/mol. The van der Waals surface area contributed by atoms with Crippen molar-refractivity contribution in [2.45, 2.75) is 33.4 Å². The van der Waals surface area contributed by atoms with Crippen molar-refractivity contribution in [3.63, 3.8) is 0 Å². The SMILES string of the molecule is Cc1nc(Cn2ccc(C(N)C(C)C)c2)no1. The third-order valence-electron chi connectivity index (χ3n) is 2.77. The minimum absolute atomic E-state index is 0.0725. The third-order valence-corrected chi connectivity index (χ3v) is 2.77. The van der Waals surface area contributed by atoms with Crippen molar-refractivity contribution < 1.29 is 4.52 Å². The molecule has 0 saturated heterocycles. The van der Waals surface area contributed by atoms with Gasteiger partial charge in [-0.3, -0.25) is 0 Å². The number of hydrogen-bond acceptors (Lipinski definition) is 4. The molecule has 0 radical (unpaired) electrons. The fourth-order valence-corrected chi connectivity index (χ4v) is 1.71. The lowest BCUT2D eigenvalue weighted by Crippen LogP contribution is -2.15. The number of aromatic nitrogens is 3. The van der Waals surface area contributed by atoms with E-state index in [0.717, 1.165) is 5.56 Å². The van der Waals surface area contributed by atoms with Gasteiger partial charge in [0, 0.05) is 25.4 Å². The Morgan fingerprint density at radius 1 is 1.47 bits per heavy atom. The van der Waals surface area contributed by atoms with E-state index in [0.29, 0.717) is 24.2 Å². The van der Waals surface area contributed by atoms with Crippen molar-refractivity contribution in [2.75, 3.05) is 0 Å². The molecule has 92 valence electrons. The zero-order valence-corrected chi connectivity index (χ0v) is 10.4. The molecule has 2 heterocycles. The van der Waals surface area contributed by atoms with Crippen molar-refractivity contribution in [3.8, 4) is 0 Å². The molecule has 5 nitrogen and oxygen atoms in total. The molecule has 0 aliphatic rings. The number of nitrogens with zero attached hydrogens (tertiary/aromatic N) is 3. The van der Waals surface area contributed by atoms with E-state index in [1.807, 2.05) is 23.0 Å². The second-order valence-corrected chi connectivity index (χ2v) is 4.62. The molecule has 1 atom stereocenters. The van der Waals surface area contributed by atoms with E-state index < -0.39 is 0 Å². The van der Waals surface area contributed by atoms with Crippen LogP contribution in [0.1, 0.15) is 37.2 Å². The predicted octanol–water partition coefficient (Wildman–Crippen LogP) is 1.88. The van der Waals surface area contributed by atoms with Gasteiger partial charge in [-0.25, -0.2) is 0 Å². The number of nitrogens with two attached hydrogens (primary N) is 1. The van der Waals surface area contributed by atoms with Crippen molar-refractivity contribution in [2.24, 2.45) is 11.7 Å². The smallest absolute Gasteiger partial charge is 0.223 e. The fraction of sp³-hybridized carbons (Fsp3) is 0.500. The molecule has 5 heteroatoms. The summed E-state index contributed by atoms with van der Waals surface area (Å²) in [6, 6.07) is 2.11.